The Hall–Kier alpha value is -2.13. The number of nitrogens with zero attached hydrogens (tertiary/aromatic N) is 1. The zero-order valence-corrected chi connectivity index (χ0v) is 10.9. The minimum Gasteiger partial charge on any atom is -0.458 e. The molecule has 0 bridgehead atoms. The van der Waals surface area contributed by atoms with Gasteiger partial charge in [-0.2, -0.15) is 0 Å². The molecular weight excluding hydrogens is 238 g/mol. The van der Waals surface area contributed by atoms with E-state index in [4.69, 9.17) is 4.42 Å². The van der Waals surface area contributed by atoms with Crippen LogP contribution >= 0.6 is 0 Å². The minimum absolute atomic E-state index is 0.565. The number of benzene rings is 1. The largest absolute Gasteiger partial charge is 0.458 e. The molecule has 96 valence electrons. The van der Waals surface area contributed by atoms with Crippen LogP contribution in [0.3, 0.4) is 0 Å². The van der Waals surface area contributed by atoms with Crippen molar-refractivity contribution in [3.05, 3.63) is 65.2 Å². The Morgan fingerprint density at radius 1 is 1.16 bits per heavy atom. The summed E-state index contributed by atoms with van der Waals surface area (Å²) in [5.74, 6) is 0.565. The highest BCUT2D eigenvalue weighted by Gasteiger charge is 2.16. The van der Waals surface area contributed by atoms with Gasteiger partial charge in [-0.25, -0.2) is 0 Å². The summed E-state index contributed by atoms with van der Waals surface area (Å²) in [6.07, 6.45) is 0.940. The summed E-state index contributed by atoms with van der Waals surface area (Å²) in [7, 11) is 0. The number of rotatable bonds is 2. The molecule has 0 spiro atoms. The van der Waals surface area contributed by atoms with E-state index in [1.54, 1.807) is 12.3 Å². The second-order valence-corrected chi connectivity index (χ2v) is 4.78. The molecule has 0 aliphatic heterocycles. The number of furan rings is 1. The molecule has 0 radical (unpaired) electrons. The number of aryl methyl sites for hydroxylation is 2. The smallest absolute Gasteiger partial charge is 0.138 e. The number of para-hydroxylation sites is 1. The summed E-state index contributed by atoms with van der Waals surface area (Å²) >= 11 is 0. The second-order valence-electron chi connectivity index (χ2n) is 4.78. The highest BCUT2D eigenvalue weighted by Crippen LogP contribution is 2.29. The number of aliphatic hydroxyl groups excluding tert-OH is 1. The van der Waals surface area contributed by atoms with Gasteiger partial charge in [0.25, 0.3) is 0 Å². The van der Waals surface area contributed by atoms with Crippen LogP contribution < -0.4 is 0 Å². The molecule has 0 aliphatic carbocycles. The monoisotopic (exact) mass is 253 g/mol. The van der Waals surface area contributed by atoms with Crippen molar-refractivity contribution in [3.8, 4) is 0 Å². The second kappa shape index (κ2) is 4.52. The van der Waals surface area contributed by atoms with Gasteiger partial charge in [0.05, 0.1) is 0 Å². The van der Waals surface area contributed by atoms with E-state index in [-0.39, 0.29) is 0 Å². The van der Waals surface area contributed by atoms with E-state index >= 15 is 0 Å². The van der Waals surface area contributed by atoms with E-state index in [0.29, 0.717) is 5.76 Å². The van der Waals surface area contributed by atoms with Gasteiger partial charge in [-0.3, -0.25) is 4.98 Å². The molecule has 2 aromatic heterocycles. The molecule has 2 heterocycles. The zero-order valence-electron chi connectivity index (χ0n) is 10.9. The van der Waals surface area contributed by atoms with Crippen LogP contribution in [0.4, 0.5) is 0 Å². The highest BCUT2D eigenvalue weighted by atomic mass is 16.4. The molecule has 3 heteroatoms. The predicted octanol–water partition coefficient (Wildman–Crippen LogP) is 3.53. The number of hydrogen-bond acceptors (Lipinski definition) is 3. The number of pyridine rings is 1. The van der Waals surface area contributed by atoms with Gasteiger partial charge in [-0.05, 0) is 43.2 Å². The molecule has 1 atom stereocenters. The van der Waals surface area contributed by atoms with Crippen LogP contribution in [0, 0.1) is 13.8 Å². The number of fused-ring (bicyclic) bond motifs is 1. The van der Waals surface area contributed by atoms with E-state index in [9.17, 15) is 5.11 Å². The molecule has 19 heavy (non-hydrogen) atoms. The van der Waals surface area contributed by atoms with Gasteiger partial charge in [0.2, 0.25) is 0 Å². The molecule has 0 aliphatic rings. The molecule has 1 aromatic carbocycles. The fraction of sp³-hybridized carbons (Fsp3) is 0.188. The summed E-state index contributed by atoms with van der Waals surface area (Å²) in [5.41, 5.74) is 3.58. The Kier molecular flexibility index (Phi) is 2.84. The lowest BCUT2D eigenvalue weighted by molar-refractivity contribution is 0.192. The summed E-state index contributed by atoms with van der Waals surface area (Å²) < 4.78 is 5.78. The molecule has 0 fully saturated rings. The zero-order chi connectivity index (χ0) is 13.4. The third kappa shape index (κ3) is 2.13. The SMILES string of the molecule is Cc1cc(C(O)c2cc3cccc(C)c3o2)ccn1. The van der Waals surface area contributed by atoms with E-state index in [1.807, 2.05) is 44.2 Å². The summed E-state index contributed by atoms with van der Waals surface area (Å²) in [4.78, 5) is 4.13. The van der Waals surface area contributed by atoms with E-state index in [0.717, 1.165) is 27.8 Å². The Morgan fingerprint density at radius 2 is 2.00 bits per heavy atom. The van der Waals surface area contributed by atoms with E-state index < -0.39 is 6.10 Å². The van der Waals surface area contributed by atoms with Crippen LogP contribution in [-0.4, -0.2) is 10.1 Å². The van der Waals surface area contributed by atoms with Crippen LogP contribution in [0.15, 0.2) is 47.0 Å². The Balaban J connectivity index is 2.06. The van der Waals surface area contributed by atoms with Crippen LogP contribution in [0.1, 0.15) is 28.7 Å². The van der Waals surface area contributed by atoms with Crippen molar-refractivity contribution in [2.75, 3.05) is 0 Å². The van der Waals surface area contributed by atoms with Gasteiger partial charge in [0.15, 0.2) is 0 Å². The summed E-state index contributed by atoms with van der Waals surface area (Å²) in [6, 6.07) is 11.5. The molecule has 3 nitrogen and oxygen atoms in total. The van der Waals surface area contributed by atoms with Crippen molar-refractivity contribution in [2.45, 2.75) is 20.0 Å². The number of aromatic nitrogens is 1. The molecule has 0 saturated heterocycles. The van der Waals surface area contributed by atoms with Gasteiger partial charge in [-0.1, -0.05) is 18.2 Å². The fourth-order valence-corrected chi connectivity index (χ4v) is 2.27. The first-order chi connectivity index (χ1) is 9.15. The van der Waals surface area contributed by atoms with Crippen molar-refractivity contribution in [1.82, 2.24) is 4.98 Å². The number of hydrogen-bond donors (Lipinski definition) is 1. The molecule has 0 saturated carbocycles. The lowest BCUT2D eigenvalue weighted by Crippen LogP contribution is -1.98. The third-order valence-electron chi connectivity index (χ3n) is 3.27. The van der Waals surface area contributed by atoms with Crippen LogP contribution in [0.25, 0.3) is 11.0 Å². The minimum atomic E-state index is -0.756. The Labute approximate surface area is 111 Å². The maximum absolute atomic E-state index is 10.4. The normalized spacial score (nSPS) is 12.8. The third-order valence-corrected chi connectivity index (χ3v) is 3.27. The van der Waals surface area contributed by atoms with Crippen molar-refractivity contribution < 1.29 is 9.52 Å². The maximum atomic E-state index is 10.4. The molecular formula is C16H15NO2. The maximum Gasteiger partial charge on any atom is 0.138 e. The molecule has 3 rings (SSSR count). The van der Waals surface area contributed by atoms with Crippen LogP contribution in [0.5, 0.6) is 0 Å². The van der Waals surface area contributed by atoms with Crippen LogP contribution in [-0.2, 0) is 0 Å². The highest BCUT2D eigenvalue weighted by molar-refractivity contribution is 5.81. The van der Waals surface area contributed by atoms with Gasteiger partial charge in [-0.15, -0.1) is 0 Å². The molecule has 1 N–H and O–H groups in total. The average Bonchev–Trinajstić information content (AvgIpc) is 2.83. The quantitative estimate of drug-likeness (QED) is 0.760. The first-order valence-electron chi connectivity index (χ1n) is 6.25. The first-order valence-corrected chi connectivity index (χ1v) is 6.25. The van der Waals surface area contributed by atoms with Crippen molar-refractivity contribution >= 4 is 11.0 Å². The fourth-order valence-electron chi connectivity index (χ4n) is 2.27. The van der Waals surface area contributed by atoms with Crippen molar-refractivity contribution in [3.63, 3.8) is 0 Å². The number of aliphatic hydroxyl groups is 1. The summed E-state index contributed by atoms with van der Waals surface area (Å²) in [6.45, 7) is 3.90. The Morgan fingerprint density at radius 3 is 2.74 bits per heavy atom. The van der Waals surface area contributed by atoms with E-state index in [2.05, 4.69) is 4.98 Å². The lowest BCUT2D eigenvalue weighted by Gasteiger charge is -2.08. The summed E-state index contributed by atoms with van der Waals surface area (Å²) in [5, 5.41) is 11.4. The molecule has 3 aromatic rings. The first kappa shape index (κ1) is 11.9. The van der Waals surface area contributed by atoms with Crippen LogP contribution in [0.2, 0.25) is 0 Å². The average molecular weight is 253 g/mol. The molecule has 0 amide bonds. The van der Waals surface area contributed by atoms with Gasteiger partial charge < -0.3 is 9.52 Å². The topological polar surface area (TPSA) is 46.3 Å². The Bertz CT molecular complexity index is 730. The predicted molar refractivity (Wildman–Crippen MR) is 74.0 cm³/mol. The van der Waals surface area contributed by atoms with Gasteiger partial charge in [0.1, 0.15) is 17.4 Å². The standard InChI is InChI=1S/C16H15NO2/c1-10-4-3-5-13-9-14(19-16(10)13)15(18)12-6-7-17-11(2)8-12/h3-9,15,18H,1-2H3. The molecule has 1 unspecified atom stereocenters. The van der Waals surface area contributed by atoms with E-state index in [1.165, 1.54) is 0 Å². The van der Waals surface area contributed by atoms with Gasteiger partial charge >= 0.3 is 0 Å². The van der Waals surface area contributed by atoms with Gasteiger partial charge in [0, 0.05) is 17.3 Å². The lowest BCUT2D eigenvalue weighted by atomic mass is 10.1. The van der Waals surface area contributed by atoms with Crippen molar-refractivity contribution in [1.29, 1.82) is 0 Å². The van der Waals surface area contributed by atoms with Crippen molar-refractivity contribution in [2.24, 2.45) is 0 Å².